The van der Waals surface area contributed by atoms with E-state index in [2.05, 4.69) is 42.0 Å². The smallest absolute Gasteiger partial charge is 0.326 e. The Balaban J connectivity index is 1.56. The number of carbonyl (C=O) groups excluding carboxylic acids is 3. The molecule has 13 nitrogen and oxygen atoms in total. The molecule has 4 amide bonds. The molecule has 1 aliphatic carbocycles. The Morgan fingerprint density at radius 3 is 1.96 bits per heavy atom. The van der Waals surface area contributed by atoms with Gasteiger partial charge in [-0.05, 0) is 79.0 Å². The Morgan fingerprint density at radius 2 is 1.37 bits per heavy atom. The van der Waals surface area contributed by atoms with Crippen molar-refractivity contribution in [2.45, 2.75) is 103 Å². The van der Waals surface area contributed by atoms with Crippen molar-refractivity contribution >= 4 is 46.5 Å². The monoisotopic (exact) mass is 682 g/mol. The van der Waals surface area contributed by atoms with Crippen LogP contribution in [0.5, 0.6) is 0 Å². The van der Waals surface area contributed by atoms with Crippen molar-refractivity contribution in [2.24, 2.45) is 17.3 Å². The molecule has 2 aromatic rings. The first-order valence-electron chi connectivity index (χ1n) is 16.9. The van der Waals surface area contributed by atoms with Gasteiger partial charge in [-0.25, -0.2) is 14.4 Å². The van der Waals surface area contributed by atoms with Gasteiger partial charge in [0, 0.05) is 25.3 Å². The number of carbonyl (C=O) groups is 6. The van der Waals surface area contributed by atoms with E-state index >= 15 is 0 Å². The van der Waals surface area contributed by atoms with Crippen LogP contribution in [-0.2, 0) is 30.4 Å². The SMILES string of the molecule is CC(C)(C)C1CCC(C(=O)N[C@@H](Cc2ccc3ccccc3c2)C(=O)NCCCCC(NC(=O)N[C@@H](CCC(=O)O)C(=O)O)C(=O)O)CC1. The van der Waals surface area contributed by atoms with E-state index in [4.69, 9.17) is 5.11 Å². The van der Waals surface area contributed by atoms with Crippen molar-refractivity contribution in [3.8, 4) is 0 Å². The van der Waals surface area contributed by atoms with Gasteiger partial charge in [-0.15, -0.1) is 0 Å². The van der Waals surface area contributed by atoms with Crippen molar-refractivity contribution in [1.82, 2.24) is 21.3 Å². The van der Waals surface area contributed by atoms with Crippen LogP contribution in [-0.4, -0.2) is 75.7 Å². The Hall–Kier alpha value is -4.68. The lowest BCUT2D eigenvalue weighted by atomic mass is 9.69. The number of hydrogen-bond donors (Lipinski definition) is 7. The first-order chi connectivity index (χ1) is 23.1. The quantitative estimate of drug-likeness (QED) is 0.120. The van der Waals surface area contributed by atoms with Gasteiger partial charge in [0.25, 0.3) is 0 Å². The second-order valence-electron chi connectivity index (χ2n) is 14.0. The fraction of sp³-hybridized carbons (Fsp3) is 0.556. The van der Waals surface area contributed by atoms with Crippen LogP contribution < -0.4 is 21.3 Å². The first-order valence-corrected chi connectivity index (χ1v) is 16.9. The summed E-state index contributed by atoms with van der Waals surface area (Å²) in [6.45, 7) is 6.87. The molecule has 0 spiro atoms. The summed E-state index contributed by atoms with van der Waals surface area (Å²) in [5.41, 5.74) is 1.08. The van der Waals surface area contributed by atoms with Crippen LogP contribution in [0.3, 0.4) is 0 Å². The maximum atomic E-state index is 13.4. The lowest BCUT2D eigenvalue weighted by Gasteiger charge is -2.36. The number of benzene rings is 2. The number of amides is 4. The second-order valence-corrected chi connectivity index (χ2v) is 14.0. The predicted octanol–water partition coefficient (Wildman–Crippen LogP) is 4.08. The first kappa shape index (κ1) is 38.8. The molecule has 0 aromatic heterocycles. The molecule has 7 N–H and O–H groups in total. The number of urea groups is 1. The van der Waals surface area contributed by atoms with E-state index in [1.807, 2.05) is 42.5 Å². The third-order valence-electron chi connectivity index (χ3n) is 9.28. The summed E-state index contributed by atoms with van der Waals surface area (Å²) in [6, 6.07) is 9.15. The molecule has 1 unspecified atom stereocenters. The van der Waals surface area contributed by atoms with Crippen LogP contribution in [0, 0.1) is 17.3 Å². The number of carboxylic acids is 3. The summed E-state index contributed by atoms with van der Waals surface area (Å²) in [5.74, 6) is -4.10. The minimum atomic E-state index is -1.50. The van der Waals surface area contributed by atoms with Crippen LogP contribution >= 0.6 is 0 Å². The minimum Gasteiger partial charge on any atom is -0.481 e. The molecule has 3 atom stereocenters. The fourth-order valence-electron chi connectivity index (χ4n) is 6.27. The Morgan fingerprint density at radius 1 is 0.755 bits per heavy atom. The maximum Gasteiger partial charge on any atom is 0.326 e. The Labute approximate surface area is 286 Å². The van der Waals surface area contributed by atoms with Crippen LogP contribution in [0.4, 0.5) is 4.79 Å². The molecule has 49 heavy (non-hydrogen) atoms. The Kier molecular flexibility index (Phi) is 14.4. The largest absolute Gasteiger partial charge is 0.481 e. The average Bonchev–Trinajstić information content (AvgIpc) is 3.04. The predicted molar refractivity (Wildman–Crippen MR) is 183 cm³/mol. The molecular formula is C36H50N4O9. The molecule has 0 saturated heterocycles. The third kappa shape index (κ3) is 12.7. The van der Waals surface area contributed by atoms with E-state index in [-0.39, 0.29) is 42.5 Å². The van der Waals surface area contributed by atoms with E-state index < -0.39 is 48.5 Å². The van der Waals surface area contributed by atoms with E-state index in [1.54, 1.807) is 0 Å². The zero-order chi connectivity index (χ0) is 36.1. The van der Waals surface area contributed by atoms with Gasteiger partial charge in [0.05, 0.1) is 0 Å². The topological polar surface area (TPSA) is 211 Å². The van der Waals surface area contributed by atoms with E-state index in [0.29, 0.717) is 25.2 Å². The number of carboxylic acid groups (broad SMARTS) is 3. The molecule has 0 bridgehead atoms. The van der Waals surface area contributed by atoms with Crippen LogP contribution in [0.1, 0.15) is 84.1 Å². The van der Waals surface area contributed by atoms with E-state index in [0.717, 1.165) is 42.0 Å². The second kappa shape index (κ2) is 18.2. The van der Waals surface area contributed by atoms with E-state index in [1.165, 1.54) is 0 Å². The molecule has 1 saturated carbocycles. The molecular weight excluding hydrogens is 632 g/mol. The van der Waals surface area contributed by atoms with Gasteiger partial charge in [-0.3, -0.25) is 14.4 Å². The number of rotatable bonds is 17. The molecule has 268 valence electrons. The third-order valence-corrected chi connectivity index (χ3v) is 9.28. The highest BCUT2D eigenvalue weighted by atomic mass is 16.4. The summed E-state index contributed by atoms with van der Waals surface area (Å²) in [5, 5.41) is 39.9. The van der Waals surface area contributed by atoms with Gasteiger partial charge in [-0.1, -0.05) is 63.2 Å². The molecule has 2 aromatic carbocycles. The standard InChI is InChI=1S/C36H50N4O9/c1-36(2,3)26-15-13-24(14-16-26)31(43)38-29(21-22-11-12-23-8-4-5-9-25(23)20-22)32(44)37-19-7-6-10-27(33(45)46)39-35(49)40-28(34(47)48)17-18-30(41)42/h4-5,8-9,11-12,20,24,26-29H,6-7,10,13-19,21H2,1-3H3,(H,37,44)(H,38,43)(H,41,42)(H,45,46)(H,47,48)(H2,39,40,49)/t24?,26?,27?,28-,29-/m0/s1. The van der Waals surface area contributed by atoms with Crippen molar-refractivity contribution < 1.29 is 44.1 Å². The highest BCUT2D eigenvalue weighted by molar-refractivity contribution is 5.89. The van der Waals surface area contributed by atoms with Crippen molar-refractivity contribution in [2.75, 3.05) is 6.54 Å². The summed E-state index contributed by atoms with van der Waals surface area (Å²) in [6.07, 6.45) is 3.59. The highest BCUT2D eigenvalue weighted by Gasteiger charge is 2.34. The van der Waals surface area contributed by atoms with Crippen molar-refractivity contribution in [3.63, 3.8) is 0 Å². The Bertz CT molecular complexity index is 1480. The average molecular weight is 683 g/mol. The number of aliphatic carboxylic acids is 3. The van der Waals surface area contributed by atoms with Gasteiger partial charge < -0.3 is 36.6 Å². The number of unbranched alkanes of at least 4 members (excludes halogenated alkanes) is 1. The summed E-state index contributed by atoms with van der Waals surface area (Å²) in [4.78, 5) is 73.0. The van der Waals surface area contributed by atoms with Crippen LogP contribution in [0.25, 0.3) is 10.8 Å². The zero-order valence-electron chi connectivity index (χ0n) is 28.5. The lowest BCUT2D eigenvalue weighted by molar-refractivity contribution is -0.141. The number of nitrogens with one attached hydrogen (secondary N) is 4. The molecule has 0 radical (unpaired) electrons. The van der Waals surface area contributed by atoms with Gasteiger partial charge in [-0.2, -0.15) is 0 Å². The number of fused-ring (bicyclic) bond motifs is 1. The minimum absolute atomic E-state index is 0.0000181. The van der Waals surface area contributed by atoms with Gasteiger partial charge in [0.1, 0.15) is 18.1 Å². The summed E-state index contributed by atoms with van der Waals surface area (Å²) >= 11 is 0. The lowest BCUT2D eigenvalue weighted by Crippen LogP contribution is -2.51. The van der Waals surface area contributed by atoms with Gasteiger partial charge in [0.2, 0.25) is 11.8 Å². The molecule has 1 fully saturated rings. The van der Waals surface area contributed by atoms with E-state index in [9.17, 15) is 39.0 Å². The molecule has 0 heterocycles. The molecule has 3 rings (SSSR count). The maximum absolute atomic E-state index is 13.4. The number of hydrogen-bond acceptors (Lipinski definition) is 6. The normalized spacial score (nSPS) is 18.0. The summed E-state index contributed by atoms with van der Waals surface area (Å²) < 4.78 is 0. The molecule has 0 aliphatic heterocycles. The highest BCUT2D eigenvalue weighted by Crippen LogP contribution is 2.39. The fourth-order valence-corrected chi connectivity index (χ4v) is 6.27. The van der Waals surface area contributed by atoms with Gasteiger partial charge in [0.15, 0.2) is 0 Å². The van der Waals surface area contributed by atoms with Gasteiger partial charge >= 0.3 is 23.9 Å². The van der Waals surface area contributed by atoms with Crippen molar-refractivity contribution in [1.29, 1.82) is 0 Å². The summed E-state index contributed by atoms with van der Waals surface area (Å²) in [7, 11) is 0. The molecule has 13 heteroatoms. The van der Waals surface area contributed by atoms with Crippen molar-refractivity contribution in [3.05, 3.63) is 48.0 Å². The molecule has 1 aliphatic rings. The zero-order valence-corrected chi connectivity index (χ0v) is 28.5. The van der Waals surface area contributed by atoms with Crippen LogP contribution in [0.15, 0.2) is 42.5 Å². The van der Waals surface area contributed by atoms with Crippen LogP contribution in [0.2, 0.25) is 0 Å².